The smallest absolute Gasteiger partial charge is 0.159 e. The minimum atomic E-state index is 0.0796. The van der Waals surface area contributed by atoms with Crippen molar-refractivity contribution in [2.45, 2.75) is 32.9 Å². The van der Waals surface area contributed by atoms with Crippen LogP contribution in [0.2, 0.25) is 0 Å². The number of para-hydroxylation sites is 1. The van der Waals surface area contributed by atoms with Crippen molar-refractivity contribution in [2.24, 2.45) is 0 Å². The Labute approximate surface area is 156 Å². The number of hydrogen-bond acceptors (Lipinski definition) is 4. The molecule has 0 unspecified atom stereocenters. The van der Waals surface area contributed by atoms with Crippen LogP contribution in [0, 0.1) is 0 Å². The molecule has 138 valence electrons. The molecular weight excluding hydrogens is 324 g/mol. The third-order valence-electron chi connectivity index (χ3n) is 5.01. The Morgan fingerprint density at radius 3 is 2.46 bits per heavy atom. The number of methoxy groups -OCH3 is 1. The zero-order valence-corrected chi connectivity index (χ0v) is 16.0. The highest BCUT2D eigenvalue weighted by Crippen LogP contribution is 2.27. The van der Waals surface area contributed by atoms with E-state index in [9.17, 15) is 4.79 Å². The average molecular weight is 352 g/mol. The quantitative estimate of drug-likeness (QED) is 0.702. The van der Waals surface area contributed by atoms with Crippen molar-refractivity contribution in [1.29, 1.82) is 0 Å². The molecule has 1 heterocycles. The standard InChI is InChI=1S/C22H28N2O2/c1-17(25)18-10-11-22(26-3)20(14-18)16-23(2)15-19-8-4-5-9-21(19)24-12-6-7-13-24/h4-5,8-11,14H,6-7,12-13,15-16H2,1-3H3. The first-order valence-corrected chi connectivity index (χ1v) is 9.27. The molecule has 4 nitrogen and oxygen atoms in total. The first-order chi connectivity index (χ1) is 12.6. The molecule has 0 aromatic heterocycles. The van der Waals surface area contributed by atoms with E-state index in [2.05, 4.69) is 41.1 Å². The maximum atomic E-state index is 11.7. The Hall–Kier alpha value is -2.33. The second-order valence-corrected chi connectivity index (χ2v) is 7.08. The summed E-state index contributed by atoms with van der Waals surface area (Å²) in [4.78, 5) is 16.5. The fourth-order valence-corrected chi connectivity index (χ4v) is 3.67. The maximum absolute atomic E-state index is 11.7. The number of rotatable bonds is 7. The van der Waals surface area contributed by atoms with Crippen molar-refractivity contribution in [1.82, 2.24) is 4.90 Å². The third kappa shape index (κ3) is 4.25. The summed E-state index contributed by atoms with van der Waals surface area (Å²) in [5.74, 6) is 0.908. The number of nitrogens with zero attached hydrogens (tertiary/aromatic N) is 2. The van der Waals surface area contributed by atoms with Gasteiger partial charge >= 0.3 is 0 Å². The van der Waals surface area contributed by atoms with Gasteiger partial charge in [-0.1, -0.05) is 18.2 Å². The fourth-order valence-electron chi connectivity index (χ4n) is 3.67. The summed E-state index contributed by atoms with van der Waals surface area (Å²) >= 11 is 0. The van der Waals surface area contributed by atoms with E-state index in [-0.39, 0.29) is 5.78 Å². The lowest BCUT2D eigenvalue weighted by atomic mass is 10.1. The molecule has 0 spiro atoms. The molecule has 0 aliphatic carbocycles. The first kappa shape index (κ1) is 18.5. The van der Waals surface area contributed by atoms with Gasteiger partial charge < -0.3 is 9.64 Å². The molecule has 1 aliphatic rings. The van der Waals surface area contributed by atoms with Crippen molar-refractivity contribution in [3.8, 4) is 5.75 Å². The van der Waals surface area contributed by atoms with Crippen molar-refractivity contribution >= 4 is 11.5 Å². The summed E-state index contributed by atoms with van der Waals surface area (Å²) < 4.78 is 5.49. The molecule has 1 fully saturated rings. The van der Waals surface area contributed by atoms with Gasteiger partial charge in [-0.3, -0.25) is 9.69 Å². The molecule has 4 heteroatoms. The Morgan fingerprint density at radius 2 is 1.77 bits per heavy atom. The van der Waals surface area contributed by atoms with Crippen molar-refractivity contribution in [3.05, 3.63) is 59.2 Å². The van der Waals surface area contributed by atoms with Gasteiger partial charge in [0.1, 0.15) is 5.75 Å². The van der Waals surface area contributed by atoms with Crippen LogP contribution in [-0.2, 0) is 13.1 Å². The second kappa shape index (κ2) is 8.37. The summed E-state index contributed by atoms with van der Waals surface area (Å²) in [5, 5.41) is 0. The van der Waals surface area contributed by atoms with Gasteiger partial charge in [0.15, 0.2) is 5.78 Å². The molecule has 0 amide bonds. The van der Waals surface area contributed by atoms with Gasteiger partial charge in [-0.15, -0.1) is 0 Å². The second-order valence-electron chi connectivity index (χ2n) is 7.08. The lowest BCUT2D eigenvalue weighted by Gasteiger charge is -2.25. The number of Topliss-reactive ketones (excluding diaryl/α,β-unsaturated/α-hetero) is 1. The Morgan fingerprint density at radius 1 is 1.08 bits per heavy atom. The van der Waals surface area contributed by atoms with Gasteiger partial charge in [0, 0.05) is 43.0 Å². The number of ether oxygens (including phenoxy) is 1. The van der Waals surface area contributed by atoms with Gasteiger partial charge in [0.05, 0.1) is 7.11 Å². The lowest BCUT2D eigenvalue weighted by molar-refractivity contribution is 0.101. The zero-order chi connectivity index (χ0) is 18.5. The summed E-state index contributed by atoms with van der Waals surface area (Å²) in [6.45, 7) is 5.49. The van der Waals surface area contributed by atoms with E-state index in [4.69, 9.17) is 4.74 Å². The maximum Gasteiger partial charge on any atom is 0.159 e. The molecule has 0 atom stereocenters. The molecule has 1 saturated heterocycles. The summed E-state index contributed by atoms with van der Waals surface area (Å²) in [5.41, 5.74) is 4.47. The monoisotopic (exact) mass is 352 g/mol. The van der Waals surface area contributed by atoms with Crippen molar-refractivity contribution in [2.75, 3.05) is 32.1 Å². The molecule has 3 rings (SSSR count). The predicted octanol–water partition coefficient (Wildman–Crippen LogP) is 4.13. The van der Waals surface area contributed by atoms with Crippen molar-refractivity contribution < 1.29 is 9.53 Å². The van der Waals surface area contributed by atoms with Crippen LogP contribution in [-0.4, -0.2) is 37.9 Å². The minimum absolute atomic E-state index is 0.0796. The molecule has 0 saturated carbocycles. The van der Waals surface area contributed by atoms with E-state index < -0.39 is 0 Å². The number of ketones is 1. The highest BCUT2D eigenvalue weighted by atomic mass is 16.5. The summed E-state index contributed by atoms with van der Waals surface area (Å²) in [6.07, 6.45) is 2.55. The minimum Gasteiger partial charge on any atom is -0.496 e. The summed E-state index contributed by atoms with van der Waals surface area (Å²) in [7, 11) is 3.79. The fraction of sp³-hybridized carbons (Fsp3) is 0.409. The number of carbonyl (C=O) groups excluding carboxylic acids is 1. The molecule has 0 radical (unpaired) electrons. The Balaban J connectivity index is 1.76. The normalized spacial score (nSPS) is 14.1. The van der Waals surface area contributed by atoms with E-state index >= 15 is 0 Å². The molecule has 0 N–H and O–H groups in total. The Bertz CT molecular complexity index is 766. The predicted molar refractivity (Wildman–Crippen MR) is 106 cm³/mol. The molecule has 1 aliphatic heterocycles. The topological polar surface area (TPSA) is 32.8 Å². The first-order valence-electron chi connectivity index (χ1n) is 9.27. The van der Waals surface area contributed by atoms with Crippen LogP contribution < -0.4 is 9.64 Å². The van der Waals surface area contributed by atoms with Crippen LogP contribution in [0.25, 0.3) is 0 Å². The van der Waals surface area contributed by atoms with Gasteiger partial charge in [0.25, 0.3) is 0 Å². The number of benzene rings is 2. The van der Waals surface area contributed by atoms with Gasteiger partial charge in [-0.05, 0) is 56.6 Å². The average Bonchev–Trinajstić information content (AvgIpc) is 3.16. The molecule has 0 bridgehead atoms. The molecular formula is C22H28N2O2. The van der Waals surface area contributed by atoms with Crippen LogP contribution in [0.1, 0.15) is 41.3 Å². The van der Waals surface area contributed by atoms with E-state index in [0.29, 0.717) is 0 Å². The number of anilines is 1. The highest BCUT2D eigenvalue weighted by molar-refractivity contribution is 5.94. The van der Waals surface area contributed by atoms with Gasteiger partial charge in [-0.2, -0.15) is 0 Å². The summed E-state index contributed by atoms with van der Waals surface area (Å²) in [6, 6.07) is 14.3. The third-order valence-corrected chi connectivity index (χ3v) is 5.01. The van der Waals surface area contributed by atoms with Crippen molar-refractivity contribution in [3.63, 3.8) is 0 Å². The van der Waals surface area contributed by atoms with E-state index in [1.54, 1.807) is 14.0 Å². The molecule has 2 aromatic carbocycles. The SMILES string of the molecule is COc1ccc(C(C)=O)cc1CN(C)Cc1ccccc1N1CCCC1. The van der Waals surface area contributed by atoms with Crippen LogP contribution in [0.4, 0.5) is 5.69 Å². The number of hydrogen-bond donors (Lipinski definition) is 0. The largest absolute Gasteiger partial charge is 0.496 e. The van der Waals surface area contributed by atoms with Gasteiger partial charge in [-0.25, -0.2) is 0 Å². The van der Waals surface area contributed by atoms with E-state index in [1.807, 2.05) is 18.2 Å². The van der Waals surface area contributed by atoms with E-state index in [1.165, 1.54) is 24.1 Å². The molecule has 26 heavy (non-hydrogen) atoms. The van der Waals surface area contributed by atoms with Crippen LogP contribution in [0.15, 0.2) is 42.5 Å². The Kier molecular flexibility index (Phi) is 5.94. The highest BCUT2D eigenvalue weighted by Gasteiger charge is 2.17. The van der Waals surface area contributed by atoms with Crippen LogP contribution >= 0.6 is 0 Å². The van der Waals surface area contributed by atoms with E-state index in [0.717, 1.165) is 43.1 Å². The molecule has 2 aromatic rings. The van der Waals surface area contributed by atoms with Crippen LogP contribution in [0.5, 0.6) is 5.75 Å². The zero-order valence-electron chi connectivity index (χ0n) is 16.0. The van der Waals surface area contributed by atoms with Gasteiger partial charge in [0.2, 0.25) is 0 Å². The number of carbonyl (C=O) groups is 1. The van der Waals surface area contributed by atoms with Crippen LogP contribution in [0.3, 0.4) is 0 Å². The lowest BCUT2D eigenvalue weighted by Crippen LogP contribution is -2.23.